The second-order valence-electron chi connectivity index (χ2n) is 4.20. The van der Waals surface area contributed by atoms with Crippen LogP contribution in [0.5, 0.6) is 5.75 Å². The maximum Gasteiger partial charge on any atom is 0.169 e. The number of hydrogen-bond donors (Lipinski definition) is 1. The number of phenols is 1. The lowest BCUT2D eigenvalue weighted by Crippen LogP contribution is -2.08. The summed E-state index contributed by atoms with van der Waals surface area (Å²) in [6.45, 7) is 3.67. The SMILES string of the molecule is CC(C)C(=O)c1c(O)ccc2ccccc12. The number of carbonyl (C=O) groups is 1. The van der Waals surface area contributed by atoms with Gasteiger partial charge in [0.25, 0.3) is 0 Å². The van der Waals surface area contributed by atoms with Crippen molar-refractivity contribution in [2.75, 3.05) is 0 Å². The molecule has 2 rings (SSSR count). The van der Waals surface area contributed by atoms with E-state index in [1.165, 1.54) is 0 Å². The Labute approximate surface area is 94.5 Å². The van der Waals surface area contributed by atoms with Gasteiger partial charge in [-0.25, -0.2) is 0 Å². The lowest BCUT2D eigenvalue weighted by Gasteiger charge is -2.10. The molecule has 2 heteroatoms. The number of ketones is 1. The summed E-state index contributed by atoms with van der Waals surface area (Å²) >= 11 is 0. The summed E-state index contributed by atoms with van der Waals surface area (Å²) in [5, 5.41) is 11.6. The van der Waals surface area contributed by atoms with E-state index in [-0.39, 0.29) is 17.5 Å². The third-order valence-electron chi connectivity index (χ3n) is 2.68. The van der Waals surface area contributed by atoms with Crippen molar-refractivity contribution < 1.29 is 9.90 Å². The zero-order valence-corrected chi connectivity index (χ0v) is 9.40. The average molecular weight is 214 g/mol. The van der Waals surface area contributed by atoms with Gasteiger partial charge in [-0.1, -0.05) is 44.2 Å². The van der Waals surface area contributed by atoms with Gasteiger partial charge in [0.1, 0.15) is 5.75 Å². The van der Waals surface area contributed by atoms with E-state index in [9.17, 15) is 9.90 Å². The van der Waals surface area contributed by atoms with Gasteiger partial charge >= 0.3 is 0 Å². The largest absolute Gasteiger partial charge is 0.507 e. The fourth-order valence-corrected chi connectivity index (χ4v) is 1.81. The van der Waals surface area contributed by atoms with Crippen molar-refractivity contribution in [1.29, 1.82) is 0 Å². The van der Waals surface area contributed by atoms with E-state index in [0.717, 1.165) is 10.8 Å². The molecule has 1 N–H and O–H groups in total. The Balaban J connectivity index is 2.75. The van der Waals surface area contributed by atoms with Crippen LogP contribution in [0.4, 0.5) is 0 Å². The number of fused-ring (bicyclic) bond motifs is 1. The summed E-state index contributed by atoms with van der Waals surface area (Å²) in [6, 6.07) is 11.0. The van der Waals surface area contributed by atoms with Crippen molar-refractivity contribution in [3.8, 4) is 5.75 Å². The van der Waals surface area contributed by atoms with Crippen molar-refractivity contribution in [2.24, 2.45) is 5.92 Å². The van der Waals surface area contributed by atoms with Crippen LogP contribution in [-0.2, 0) is 0 Å². The Hall–Kier alpha value is -1.83. The topological polar surface area (TPSA) is 37.3 Å². The number of hydrogen-bond acceptors (Lipinski definition) is 2. The molecule has 0 aliphatic heterocycles. The van der Waals surface area contributed by atoms with Crippen LogP contribution in [0.15, 0.2) is 36.4 Å². The molecule has 0 atom stereocenters. The first kappa shape index (κ1) is 10.7. The summed E-state index contributed by atoms with van der Waals surface area (Å²) in [5.41, 5.74) is 0.438. The van der Waals surface area contributed by atoms with Gasteiger partial charge in [-0.2, -0.15) is 0 Å². The van der Waals surface area contributed by atoms with E-state index < -0.39 is 0 Å². The Kier molecular flexibility index (Phi) is 2.65. The smallest absolute Gasteiger partial charge is 0.169 e. The van der Waals surface area contributed by atoms with Crippen LogP contribution in [0.1, 0.15) is 24.2 Å². The van der Waals surface area contributed by atoms with Crippen LogP contribution >= 0.6 is 0 Å². The Morgan fingerprint density at radius 3 is 2.50 bits per heavy atom. The molecule has 0 unspecified atom stereocenters. The predicted molar refractivity (Wildman–Crippen MR) is 64.8 cm³/mol. The van der Waals surface area contributed by atoms with Gasteiger partial charge in [-0.05, 0) is 16.8 Å². The van der Waals surface area contributed by atoms with Crippen LogP contribution in [0.2, 0.25) is 0 Å². The van der Waals surface area contributed by atoms with Crippen LogP contribution in [0.25, 0.3) is 10.8 Å². The van der Waals surface area contributed by atoms with Crippen molar-refractivity contribution in [3.63, 3.8) is 0 Å². The van der Waals surface area contributed by atoms with Crippen molar-refractivity contribution in [3.05, 3.63) is 42.0 Å². The molecule has 0 saturated carbocycles. The quantitative estimate of drug-likeness (QED) is 0.778. The molecule has 0 aliphatic rings. The molecule has 0 bridgehead atoms. The van der Waals surface area contributed by atoms with Crippen molar-refractivity contribution in [1.82, 2.24) is 0 Å². The van der Waals surface area contributed by atoms with Gasteiger partial charge < -0.3 is 5.11 Å². The molecule has 0 fully saturated rings. The minimum atomic E-state index is -0.114. The van der Waals surface area contributed by atoms with Gasteiger partial charge in [-0.3, -0.25) is 4.79 Å². The van der Waals surface area contributed by atoms with Gasteiger partial charge in [0, 0.05) is 5.92 Å². The minimum absolute atomic E-state index is 0.0192. The van der Waals surface area contributed by atoms with E-state index in [2.05, 4.69) is 0 Å². The third kappa shape index (κ3) is 1.67. The molecule has 0 aromatic heterocycles. The maximum absolute atomic E-state index is 12.0. The molecule has 0 spiro atoms. The highest BCUT2D eigenvalue weighted by Gasteiger charge is 2.17. The predicted octanol–water partition coefficient (Wildman–Crippen LogP) is 3.38. The summed E-state index contributed by atoms with van der Waals surface area (Å²) in [7, 11) is 0. The summed E-state index contributed by atoms with van der Waals surface area (Å²) in [5.74, 6) is -0.0663. The van der Waals surface area contributed by atoms with Gasteiger partial charge in [0.2, 0.25) is 0 Å². The average Bonchev–Trinajstić information content (AvgIpc) is 2.28. The summed E-state index contributed by atoms with van der Waals surface area (Å²) in [6.07, 6.45) is 0. The van der Waals surface area contributed by atoms with Crippen LogP contribution < -0.4 is 0 Å². The molecule has 0 aliphatic carbocycles. The van der Waals surface area contributed by atoms with E-state index >= 15 is 0 Å². The molecule has 0 amide bonds. The molecule has 16 heavy (non-hydrogen) atoms. The first-order valence-electron chi connectivity index (χ1n) is 5.36. The molecule has 0 heterocycles. The Morgan fingerprint density at radius 1 is 1.12 bits per heavy atom. The first-order chi connectivity index (χ1) is 7.61. The zero-order chi connectivity index (χ0) is 11.7. The lowest BCUT2D eigenvalue weighted by molar-refractivity contribution is 0.0938. The number of Topliss-reactive ketones (excluding diaryl/α,β-unsaturated/α-hetero) is 1. The van der Waals surface area contributed by atoms with Crippen molar-refractivity contribution >= 4 is 16.6 Å². The first-order valence-corrected chi connectivity index (χ1v) is 5.36. The number of aromatic hydroxyl groups is 1. The molecule has 82 valence electrons. The molecule has 2 aromatic rings. The highest BCUT2D eigenvalue weighted by atomic mass is 16.3. The highest BCUT2D eigenvalue weighted by molar-refractivity contribution is 6.11. The molecule has 2 aromatic carbocycles. The summed E-state index contributed by atoms with van der Waals surface area (Å²) in [4.78, 5) is 12.0. The van der Waals surface area contributed by atoms with Crippen LogP contribution in [0, 0.1) is 5.92 Å². The fourth-order valence-electron chi connectivity index (χ4n) is 1.81. The maximum atomic E-state index is 12.0. The minimum Gasteiger partial charge on any atom is -0.507 e. The second kappa shape index (κ2) is 3.97. The number of benzene rings is 2. The molecule has 2 nitrogen and oxygen atoms in total. The zero-order valence-electron chi connectivity index (χ0n) is 9.40. The van der Waals surface area contributed by atoms with E-state index in [4.69, 9.17) is 0 Å². The van der Waals surface area contributed by atoms with E-state index in [0.29, 0.717) is 5.56 Å². The molecule has 0 radical (unpaired) electrons. The Morgan fingerprint density at radius 2 is 1.81 bits per heavy atom. The molecular formula is C14H14O2. The standard InChI is InChI=1S/C14H14O2/c1-9(2)14(16)13-11-6-4-3-5-10(11)7-8-12(13)15/h3-9,15H,1-2H3. The van der Waals surface area contributed by atoms with Gasteiger partial charge in [0.15, 0.2) is 5.78 Å². The van der Waals surface area contributed by atoms with Crippen molar-refractivity contribution in [2.45, 2.75) is 13.8 Å². The summed E-state index contributed by atoms with van der Waals surface area (Å²) < 4.78 is 0. The number of phenolic OH excluding ortho intramolecular Hbond substituents is 1. The van der Waals surface area contributed by atoms with Crippen LogP contribution in [0.3, 0.4) is 0 Å². The Bertz CT molecular complexity index is 541. The third-order valence-corrected chi connectivity index (χ3v) is 2.68. The van der Waals surface area contributed by atoms with Gasteiger partial charge in [-0.15, -0.1) is 0 Å². The van der Waals surface area contributed by atoms with Gasteiger partial charge in [0.05, 0.1) is 5.56 Å². The highest BCUT2D eigenvalue weighted by Crippen LogP contribution is 2.29. The van der Waals surface area contributed by atoms with Crippen LogP contribution in [-0.4, -0.2) is 10.9 Å². The number of rotatable bonds is 2. The second-order valence-corrected chi connectivity index (χ2v) is 4.20. The monoisotopic (exact) mass is 214 g/mol. The molecular weight excluding hydrogens is 200 g/mol. The fraction of sp³-hybridized carbons (Fsp3) is 0.214. The van der Waals surface area contributed by atoms with E-state index in [1.54, 1.807) is 6.07 Å². The molecule has 0 saturated heterocycles. The lowest BCUT2D eigenvalue weighted by atomic mass is 9.95. The van der Waals surface area contributed by atoms with E-state index in [1.807, 2.05) is 44.2 Å². The normalized spacial score (nSPS) is 10.9. The number of carbonyl (C=O) groups excluding carboxylic acids is 1.